The standard InChI is InChI=1S/C17H21N3O5/c18-6-7-24-8-9-25-14-3-1-2-11-12(14)10-20(17(11)23)13-4-5-15(21)19-16(13)22/h1-3,13H,4-10,18H2,(H,19,21,22). The maximum atomic E-state index is 12.7. The number of nitrogens with one attached hydrogen (secondary N) is 1. The lowest BCUT2D eigenvalue weighted by Crippen LogP contribution is -2.52. The van der Waals surface area contributed by atoms with Crippen LogP contribution in [0, 0.1) is 0 Å². The highest BCUT2D eigenvalue weighted by atomic mass is 16.5. The van der Waals surface area contributed by atoms with Crippen LogP contribution in [0.5, 0.6) is 5.75 Å². The van der Waals surface area contributed by atoms with Gasteiger partial charge in [0.1, 0.15) is 18.4 Å². The average molecular weight is 347 g/mol. The second-order valence-electron chi connectivity index (χ2n) is 5.93. The molecule has 25 heavy (non-hydrogen) atoms. The number of nitrogens with zero attached hydrogens (tertiary/aromatic N) is 1. The number of carbonyl (C=O) groups excluding carboxylic acids is 3. The Labute approximate surface area is 145 Å². The van der Waals surface area contributed by atoms with Crippen molar-refractivity contribution in [2.45, 2.75) is 25.4 Å². The molecule has 134 valence electrons. The number of fused-ring (bicyclic) bond motifs is 1. The Hall–Kier alpha value is -2.45. The third-order valence-electron chi connectivity index (χ3n) is 4.29. The van der Waals surface area contributed by atoms with Gasteiger partial charge >= 0.3 is 0 Å². The molecule has 0 spiro atoms. The van der Waals surface area contributed by atoms with Gasteiger partial charge in [0.2, 0.25) is 11.8 Å². The van der Waals surface area contributed by atoms with Gasteiger partial charge in [-0.1, -0.05) is 6.07 Å². The number of ether oxygens (including phenoxy) is 2. The lowest BCUT2D eigenvalue weighted by Gasteiger charge is -2.29. The Morgan fingerprint density at radius 1 is 1.20 bits per heavy atom. The molecular formula is C17H21N3O5. The Bertz CT molecular complexity index is 691. The van der Waals surface area contributed by atoms with Crippen LogP contribution in [0.2, 0.25) is 0 Å². The fourth-order valence-corrected chi connectivity index (χ4v) is 3.09. The molecular weight excluding hydrogens is 326 g/mol. The van der Waals surface area contributed by atoms with Crippen LogP contribution in [0.1, 0.15) is 28.8 Å². The summed E-state index contributed by atoms with van der Waals surface area (Å²) < 4.78 is 11.0. The smallest absolute Gasteiger partial charge is 0.255 e. The van der Waals surface area contributed by atoms with E-state index in [9.17, 15) is 14.4 Å². The fraction of sp³-hybridized carbons (Fsp3) is 0.471. The second-order valence-corrected chi connectivity index (χ2v) is 5.93. The van der Waals surface area contributed by atoms with Gasteiger partial charge in [-0.2, -0.15) is 0 Å². The zero-order chi connectivity index (χ0) is 17.8. The van der Waals surface area contributed by atoms with Gasteiger partial charge in [0.05, 0.1) is 19.8 Å². The van der Waals surface area contributed by atoms with Crippen molar-refractivity contribution >= 4 is 17.7 Å². The summed E-state index contributed by atoms with van der Waals surface area (Å²) >= 11 is 0. The van der Waals surface area contributed by atoms with Gasteiger partial charge in [-0.3, -0.25) is 19.7 Å². The Kier molecular flexibility index (Phi) is 5.30. The molecule has 0 saturated carbocycles. The number of hydrogen-bond donors (Lipinski definition) is 2. The SMILES string of the molecule is NCCOCCOc1cccc2c1CN(C1CCC(=O)NC1=O)C2=O. The van der Waals surface area contributed by atoms with Crippen molar-refractivity contribution in [1.29, 1.82) is 0 Å². The molecule has 3 N–H and O–H groups in total. The van der Waals surface area contributed by atoms with Crippen molar-refractivity contribution in [3.8, 4) is 5.75 Å². The molecule has 3 amide bonds. The predicted octanol–water partition coefficient (Wildman–Crippen LogP) is -0.198. The van der Waals surface area contributed by atoms with Crippen molar-refractivity contribution in [3.05, 3.63) is 29.3 Å². The Balaban J connectivity index is 1.69. The topological polar surface area (TPSA) is 111 Å². The van der Waals surface area contributed by atoms with Crippen LogP contribution in [0.15, 0.2) is 18.2 Å². The molecule has 3 rings (SSSR count). The molecule has 8 nitrogen and oxygen atoms in total. The van der Waals surface area contributed by atoms with E-state index in [2.05, 4.69) is 5.32 Å². The number of nitrogens with two attached hydrogens (primary N) is 1. The van der Waals surface area contributed by atoms with E-state index in [0.29, 0.717) is 50.6 Å². The molecule has 8 heteroatoms. The number of hydrogen-bond acceptors (Lipinski definition) is 6. The van der Waals surface area contributed by atoms with Gasteiger partial charge in [-0.15, -0.1) is 0 Å². The van der Waals surface area contributed by atoms with E-state index in [1.54, 1.807) is 18.2 Å². The minimum Gasteiger partial charge on any atom is -0.491 e. The molecule has 0 aliphatic carbocycles. The number of carbonyl (C=O) groups is 3. The van der Waals surface area contributed by atoms with E-state index in [1.807, 2.05) is 0 Å². The maximum absolute atomic E-state index is 12.7. The minimum atomic E-state index is -0.627. The summed E-state index contributed by atoms with van der Waals surface area (Å²) in [5, 5.41) is 2.29. The van der Waals surface area contributed by atoms with Crippen molar-refractivity contribution in [3.63, 3.8) is 0 Å². The van der Waals surface area contributed by atoms with E-state index in [1.165, 1.54) is 4.90 Å². The van der Waals surface area contributed by atoms with E-state index in [-0.39, 0.29) is 18.2 Å². The molecule has 0 radical (unpaired) electrons. The zero-order valence-corrected chi connectivity index (χ0v) is 13.8. The van der Waals surface area contributed by atoms with Gasteiger partial charge < -0.3 is 20.1 Å². The third-order valence-corrected chi connectivity index (χ3v) is 4.29. The number of rotatable bonds is 7. The normalized spacial score (nSPS) is 19.8. The highest BCUT2D eigenvalue weighted by molar-refractivity contribution is 6.05. The quantitative estimate of drug-likeness (QED) is 0.522. The number of amides is 3. The number of imide groups is 1. The molecule has 1 fully saturated rings. The van der Waals surface area contributed by atoms with Crippen LogP contribution in [0.25, 0.3) is 0 Å². The first-order chi connectivity index (χ1) is 12.1. The molecule has 0 aromatic heterocycles. The fourth-order valence-electron chi connectivity index (χ4n) is 3.09. The first-order valence-electron chi connectivity index (χ1n) is 8.29. The molecule has 1 unspecified atom stereocenters. The van der Waals surface area contributed by atoms with E-state index < -0.39 is 11.9 Å². The summed E-state index contributed by atoms with van der Waals surface area (Å²) in [5.41, 5.74) is 6.65. The summed E-state index contributed by atoms with van der Waals surface area (Å²) in [7, 11) is 0. The molecule has 0 bridgehead atoms. The maximum Gasteiger partial charge on any atom is 0.255 e. The van der Waals surface area contributed by atoms with Crippen molar-refractivity contribution in [1.82, 2.24) is 10.2 Å². The molecule has 1 atom stereocenters. The Morgan fingerprint density at radius 3 is 2.80 bits per heavy atom. The predicted molar refractivity (Wildman–Crippen MR) is 87.9 cm³/mol. The summed E-state index contributed by atoms with van der Waals surface area (Å²) in [6, 6.07) is 4.64. The Morgan fingerprint density at radius 2 is 2.04 bits per heavy atom. The lowest BCUT2D eigenvalue weighted by molar-refractivity contribution is -0.136. The van der Waals surface area contributed by atoms with E-state index in [0.717, 1.165) is 5.56 Å². The lowest BCUT2D eigenvalue weighted by atomic mass is 10.0. The van der Waals surface area contributed by atoms with E-state index in [4.69, 9.17) is 15.2 Å². The van der Waals surface area contributed by atoms with Gasteiger partial charge in [0.25, 0.3) is 5.91 Å². The van der Waals surface area contributed by atoms with Crippen LogP contribution in [0.4, 0.5) is 0 Å². The zero-order valence-electron chi connectivity index (χ0n) is 13.8. The molecule has 2 heterocycles. The average Bonchev–Trinajstić information content (AvgIpc) is 2.92. The number of benzene rings is 1. The highest BCUT2D eigenvalue weighted by Gasteiger charge is 2.40. The molecule has 1 aromatic rings. The van der Waals surface area contributed by atoms with Crippen LogP contribution in [-0.4, -0.2) is 55.0 Å². The summed E-state index contributed by atoms with van der Waals surface area (Å²) in [5.74, 6) is -0.326. The van der Waals surface area contributed by atoms with Crippen LogP contribution < -0.4 is 15.8 Å². The minimum absolute atomic E-state index is 0.214. The van der Waals surface area contributed by atoms with Gasteiger partial charge in [0, 0.05) is 24.1 Å². The second kappa shape index (κ2) is 7.62. The first kappa shape index (κ1) is 17.4. The van der Waals surface area contributed by atoms with Gasteiger partial charge in [-0.05, 0) is 18.6 Å². The van der Waals surface area contributed by atoms with E-state index >= 15 is 0 Å². The van der Waals surface area contributed by atoms with Gasteiger partial charge in [0.15, 0.2) is 0 Å². The highest BCUT2D eigenvalue weighted by Crippen LogP contribution is 2.33. The van der Waals surface area contributed by atoms with Gasteiger partial charge in [-0.25, -0.2) is 0 Å². The van der Waals surface area contributed by atoms with Crippen molar-refractivity contribution < 1.29 is 23.9 Å². The summed E-state index contributed by atoms with van der Waals surface area (Å²) in [6.45, 7) is 1.98. The molecule has 2 aliphatic rings. The summed E-state index contributed by atoms with van der Waals surface area (Å²) in [4.78, 5) is 37.5. The first-order valence-corrected chi connectivity index (χ1v) is 8.29. The summed E-state index contributed by atoms with van der Waals surface area (Å²) in [6.07, 6.45) is 0.575. The molecule has 1 saturated heterocycles. The molecule has 1 aromatic carbocycles. The monoisotopic (exact) mass is 347 g/mol. The largest absolute Gasteiger partial charge is 0.491 e. The third kappa shape index (κ3) is 3.64. The molecule has 2 aliphatic heterocycles. The van der Waals surface area contributed by atoms with Crippen molar-refractivity contribution in [2.24, 2.45) is 5.73 Å². The number of piperidine rings is 1. The van der Waals surface area contributed by atoms with Crippen LogP contribution >= 0.6 is 0 Å². The van der Waals surface area contributed by atoms with Crippen molar-refractivity contribution in [2.75, 3.05) is 26.4 Å². The van der Waals surface area contributed by atoms with Crippen LogP contribution in [0.3, 0.4) is 0 Å². The van der Waals surface area contributed by atoms with Crippen LogP contribution in [-0.2, 0) is 20.9 Å².